The summed E-state index contributed by atoms with van der Waals surface area (Å²) in [7, 11) is 0. The van der Waals surface area contributed by atoms with E-state index in [9.17, 15) is 19.8 Å². The van der Waals surface area contributed by atoms with Crippen LogP contribution in [0.25, 0.3) is 43.4 Å². The number of benzene rings is 3. The average molecular weight is 1100 g/mol. The number of hydroxylamine groups is 2. The molecule has 19 heteroatoms. The van der Waals surface area contributed by atoms with E-state index in [1.807, 2.05) is 81.7 Å². The van der Waals surface area contributed by atoms with Crippen molar-refractivity contribution in [3.63, 3.8) is 0 Å². The maximum atomic E-state index is 17.2. The van der Waals surface area contributed by atoms with Gasteiger partial charge in [0, 0.05) is 67.8 Å². The second kappa shape index (κ2) is 22.0. The summed E-state index contributed by atoms with van der Waals surface area (Å²) in [4.78, 5) is 63.6. The molecule has 3 aromatic carbocycles. The molecule has 79 heavy (non-hydrogen) atoms. The monoisotopic (exact) mass is 1100 g/mol. The van der Waals surface area contributed by atoms with Crippen molar-refractivity contribution in [3.8, 4) is 33.5 Å². The SMILES string of the molecule is CCc1cccc2cc(O)cc(-c3ncc4c(N5CC6CCC(C5)N6)nc(OCCC5CC(C)(C(C)ON6CC=C(C(C)(C)CC(=O)[C@]7(C(=O)N[C@@H](C)c8ccc(-c9scnc9C)cc8)CC(O)CN7)O6)CCN5)nc4c3F)c12. The molecule has 2 bridgehead atoms. The van der Waals surface area contributed by atoms with Gasteiger partial charge in [-0.2, -0.15) is 9.97 Å². The molecule has 5 aliphatic heterocycles. The Bertz CT molecular complexity index is 3290. The number of hydrogen-bond donors (Lipinski definition) is 6. The minimum atomic E-state index is -1.61. The third-order valence-corrected chi connectivity index (χ3v) is 18.3. The second-order valence-electron chi connectivity index (χ2n) is 23.4. The van der Waals surface area contributed by atoms with Crippen molar-refractivity contribution < 1.29 is 38.6 Å². The Kier molecular flexibility index (Phi) is 15.3. The minimum Gasteiger partial charge on any atom is -0.508 e. The summed E-state index contributed by atoms with van der Waals surface area (Å²) >= 11 is 1.58. The quantitative estimate of drug-likeness (QED) is 0.0446. The average Bonchev–Trinajstić information content (AvgIpc) is 4.35. The summed E-state index contributed by atoms with van der Waals surface area (Å²) in [5, 5.41) is 38.7. The van der Waals surface area contributed by atoms with Crippen LogP contribution in [-0.2, 0) is 25.7 Å². The van der Waals surface area contributed by atoms with Gasteiger partial charge < -0.3 is 40.6 Å². The first-order valence-electron chi connectivity index (χ1n) is 28.0. The summed E-state index contributed by atoms with van der Waals surface area (Å²) in [6.07, 6.45) is 7.52. The molecule has 0 spiro atoms. The van der Waals surface area contributed by atoms with Crippen LogP contribution in [-0.4, -0.2) is 122 Å². The van der Waals surface area contributed by atoms with Gasteiger partial charge in [0.15, 0.2) is 17.1 Å². The number of aliphatic hydroxyl groups is 1. The highest BCUT2D eigenvalue weighted by molar-refractivity contribution is 7.13. The number of aliphatic hydroxyl groups excluding tert-OH is 1. The zero-order chi connectivity index (χ0) is 55.4. The fourth-order valence-corrected chi connectivity index (χ4v) is 13.4. The van der Waals surface area contributed by atoms with Crippen LogP contribution in [0.1, 0.15) is 109 Å². The number of aromatic hydroxyl groups is 1. The number of allylic oxidation sites excluding steroid dienone is 1. The number of thiazole rings is 1. The number of amides is 1. The Morgan fingerprint density at radius 2 is 1.85 bits per heavy atom. The van der Waals surface area contributed by atoms with Crippen molar-refractivity contribution in [1.82, 2.24) is 46.4 Å². The number of β-amino-alcohol motifs (C(OH)–C–C–N with tert-alkyl or cyclic N) is 1. The number of anilines is 1. The number of ether oxygens (including phenoxy) is 1. The van der Waals surface area contributed by atoms with Crippen molar-refractivity contribution in [2.45, 2.75) is 142 Å². The number of aromatic nitrogens is 4. The number of piperidine rings is 1. The highest BCUT2D eigenvalue weighted by atomic mass is 32.1. The van der Waals surface area contributed by atoms with Crippen LogP contribution in [0, 0.1) is 23.6 Å². The van der Waals surface area contributed by atoms with E-state index in [0.717, 1.165) is 89.8 Å². The van der Waals surface area contributed by atoms with Gasteiger partial charge in [0.1, 0.15) is 28.5 Å². The Morgan fingerprint density at radius 3 is 2.57 bits per heavy atom. The number of phenols is 1. The highest BCUT2D eigenvalue weighted by Crippen LogP contribution is 2.43. The van der Waals surface area contributed by atoms with Gasteiger partial charge in [0.2, 0.25) is 5.91 Å². The van der Waals surface area contributed by atoms with Crippen molar-refractivity contribution in [2.24, 2.45) is 10.8 Å². The number of aryl methyl sites for hydroxylation is 2. The predicted molar refractivity (Wildman–Crippen MR) is 303 cm³/mol. The molecule has 6 unspecified atom stereocenters. The number of nitrogens with zero attached hydrogens (tertiary/aromatic N) is 6. The summed E-state index contributed by atoms with van der Waals surface area (Å²) in [5.41, 5.74) is 3.81. The molecule has 5 aliphatic rings. The van der Waals surface area contributed by atoms with E-state index in [1.165, 1.54) is 5.23 Å². The number of pyridine rings is 1. The number of halogens is 1. The second-order valence-corrected chi connectivity index (χ2v) is 24.3. The standard InChI is InChI=1S/C60H73FN10O7S/c1-8-37-10-9-11-40-24-44(72)25-46(50(37)40)52-51(61)53-47(30-63-52)55(70-31-42-16-17-43(32-70)67-42)69-57(68-53)76-23-19-41-26-59(7,20-21-62-41)36(4)77-71-22-18-49(78-71)58(5,6)28-48(74)60(27-45(73)29-65-60)56(75)66-34(2)38-12-14-39(15-13-38)54-35(3)64-33-79-54/h9-15,18,24-25,30,33-34,36,41-43,45,62,65,67,72-73H,8,16-17,19-23,26-29,31-32H2,1-7H3,(H,66,75)/t34-,36?,41?,42?,43?,45?,59?,60-/m0/s1. The van der Waals surface area contributed by atoms with Crippen LogP contribution >= 0.6 is 11.3 Å². The topological polar surface area (TPSA) is 208 Å². The molecule has 4 fully saturated rings. The number of hydrogen-bond acceptors (Lipinski definition) is 17. The van der Waals surface area contributed by atoms with Gasteiger partial charge in [-0.3, -0.25) is 24.7 Å². The normalized spacial score (nSPS) is 25.1. The van der Waals surface area contributed by atoms with Gasteiger partial charge in [-0.15, -0.1) is 11.3 Å². The number of fused-ring (bicyclic) bond motifs is 4. The first-order chi connectivity index (χ1) is 37.9. The molecule has 11 rings (SSSR count). The largest absolute Gasteiger partial charge is 0.508 e. The van der Waals surface area contributed by atoms with E-state index in [1.54, 1.807) is 29.7 Å². The van der Waals surface area contributed by atoms with E-state index < -0.39 is 34.8 Å². The molecule has 0 radical (unpaired) electrons. The lowest BCUT2D eigenvalue weighted by molar-refractivity contribution is -0.368. The number of carbonyl (C=O) groups is 2. The third kappa shape index (κ3) is 10.9. The first-order valence-corrected chi connectivity index (χ1v) is 28.9. The molecule has 6 aromatic rings. The van der Waals surface area contributed by atoms with Crippen molar-refractivity contribution in [2.75, 3.05) is 44.2 Å². The Balaban J connectivity index is 0.724. The number of piperazine rings is 1. The fraction of sp³-hybridized carbons (Fsp3) is 0.500. The molecule has 4 saturated heterocycles. The minimum absolute atomic E-state index is 0.0223. The van der Waals surface area contributed by atoms with Crippen molar-refractivity contribution in [1.29, 1.82) is 0 Å². The lowest BCUT2D eigenvalue weighted by Crippen LogP contribution is -2.60. The van der Waals surface area contributed by atoms with E-state index in [2.05, 4.69) is 51.9 Å². The van der Waals surface area contributed by atoms with E-state index >= 15 is 4.39 Å². The number of rotatable bonds is 18. The van der Waals surface area contributed by atoms with Gasteiger partial charge in [-0.25, -0.2) is 9.37 Å². The molecular weight excluding hydrogens is 1020 g/mol. The predicted octanol–water partition coefficient (Wildman–Crippen LogP) is 8.56. The van der Waals surface area contributed by atoms with Crippen molar-refractivity contribution in [3.05, 3.63) is 101 Å². The molecule has 0 saturated carbocycles. The van der Waals surface area contributed by atoms with Crippen LogP contribution in [0.3, 0.4) is 0 Å². The Labute approximate surface area is 464 Å². The molecule has 0 aliphatic carbocycles. The summed E-state index contributed by atoms with van der Waals surface area (Å²) in [5.74, 6) is -0.205. The summed E-state index contributed by atoms with van der Waals surface area (Å²) in [6, 6.07) is 17.5. The smallest absolute Gasteiger partial charge is 0.319 e. The van der Waals surface area contributed by atoms with Crippen LogP contribution in [0.4, 0.5) is 10.2 Å². The zero-order valence-electron chi connectivity index (χ0n) is 46.2. The van der Waals surface area contributed by atoms with Crippen LogP contribution < -0.4 is 30.9 Å². The summed E-state index contributed by atoms with van der Waals surface area (Å²) in [6.45, 7) is 17.0. The molecular formula is C60H73FN10O7S. The molecule has 17 nitrogen and oxygen atoms in total. The molecule has 418 valence electrons. The summed E-state index contributed by atoms with van der Waals surface area (Å²) < 4.78 is 23.6. The van der Waals surface area contributed by atoms with Gasteiger partial charge in [-0.1, -0.05) is 70.2 Å². The van der Waals surface area contributed by atoms with Gasteiger partial charge in [0.25, 0.3) is 0 Å². The number of phenolic OH excluding ortho intramolecular Hbond substituents is 1. The first kappa shape index (κ1) is 54.8. The molecule has 8 heterocycles. The number of carbonyl (C=O) groups excluding carboxylic acids is 2. The number of Topliss-reactive ketones (excluding diaryl/α,β-unsaturated/α-hetero) is 1. The number of nitrogens with one attached hydrogen (secondary N) is 4. The Hall–Kier alpha value is -6.19. The Morgan fingerprint density at radius 1 is 1.06 bits per heavy atom. The molecule has 1 amide bonds. The zero-order valence-corrected chi connectivity index (χ0v) is 47.0. The van der Waals surface area contributed by atoms with Crippen LogP contribution in [0.5, 0.6) is 11.8 Å². The lowest BCUT2D eigenvalue weighted by Gasteiger charge is -2.43. The third-order valence-electron chi connectivity index (χ3n) is 17.3. The van der Waals surface area contributed by atoms with Crippen molar-refractivity contribution >= 4 is 50.5 Å². The molecule has 8 atom stereocenters. The van der Waals surface area contributed by atoms with Gasteiger partial charge >= 0.3 is 6.01 Å². The van der Waals surface area contributed by atoms with Crippen LogP contribution in [0.15, 0.2) is 78.1 Å². The van der Waals surface area contributed by atoms with E-state index in [-0.39, 0.29) is 72.3 Å². The van der Waals surface area contributed by atoms with Gasteiger partial charge in [0.05, 0.1) is 52.9 Å². The maximum Gasteiger partial charge on any atom is 0.319 e. The lowest BCUT2D eigenvalue weighted by atomic mass is 9.73. The van der Waals surface area contributed by atoms with Gasteiger partial charge in [-0.05, 0) is 122 Å². The van der Waals surface area contributed by atoms with Crippen LogP contribution in [0.2, 0.25) is 0 Å². The maximum absolute atomic E-state index is 17.2. The number of ketones is 1. The molecule has 3 aromatic heterocycles. The fourth-order valence-electron chi connectivity index (χ4n) is 12.6. The van der Waals surface area contributed by atoms with E-state index in [4.69, 9.17) is 29.4 Å². The van der Waals surface area contributed by atoms with E-state index in [0.29, 0.717) is 47.6 Å². The molecule has 6 N–H and O–H groups in total. The highest BCUT2D eigenvalue weighted by Gasteiger charge is 2.53.